The summed E-state index contributed by atoms with van der Waals surface area (Å²) in [4.78, 5) is 18.4. The third-order valence-corrected chi connectivity index (χ3v) is 3.89. The van der Waals surface area contributed by atoms with Gasteiger partial charge in [0.15, 0.2) is 0 Å². The molecule has 6 heteroatoms. The number of hydrogen-bond donors (Lipinski definition) is 3. The van der Waals surface area contributed by atoms with Crippen LogP contribution in [0.1, 0.15) is 27.0 Å². The second kappa shape index (κ2) is 6.31. The number of pyridine rings is 1. The van der Waals surface area contributed by atoms with E-state index in [0.717, 1.165) is 11.3 Å². The molecule has 0 aliphatic heterocycles. The van der Waals surface area contributed by atoms with Gasteiger partial charge in [0.25, 0.3) is 5.91 Å². The summed E-state index contributed by atoms with van der Waals surface area (Å²) >= 11 is 1.72. The second-order valence-corrected chi connectivity index (χ2v) is 5.23. The summed E-state index contributed by atoms with van der Waals surface area (Å²) in [6.45, 7) is 2.66. The topological polar surface area (TPSA) is 80.0 Å². The fourth-order valence-corrected chi connectivity index (χ4v) is 2.49. The van der Waals surface area contributed by atoms with Gasteiger partial charge in [0, 0.05) is 16.0 Å². The molecule has 0 aromatic carbocycles. The quantitative estimate of drug-likeness (QED) is 0.576. The number of thiophene rings is 1. The summed E-state index contributed by atoms with van der Waals surface area (Å²) in [5, 5.41) is 2.87. The van der Waals surface area contributed by atoms with E-state index in [0.29, 0.717) is 17.9 Å². The average Bonchev–Trinajstić information content (AvgIpc) is 2.93. The van der Waals surface area contributed by atoms with Crippen molar-refractivity contribution in [3.63, 3.8) is 0 Å². The van der Waals surface area contributed by atoms with Gasteiger partial charge in [-0.2, -0.15) is 0 Å². The SMILES string of the molecule is CCc1ccc(CNC(=O)c2ccc(NN)nc2)s1. The van der Waals surface area contributed by atoms with Crippen LogP contribution in [0.2, 0.25) is 0 Å². The number of amides is 1. The number of aromatic nitrogens is 1. The van der Waals surface area contributed by atoms with Gasteiger partial charge in [-0.25, -0.2) is 10.8 Å². The molecule has 0 unspecified atom stereocenters. The maximum Gasteiger partial charge on any atom is 0.253 e. The Morgan fingerprint density at radius 3 is 2.68 bits per heavy atom. The van der Waals surface area contributed by atoms with E-state index in [9.17, 15) is 4.79 Å². The molecule has 100 valence electrons. The minimum absolute atomic E-state index is 0.137. The average molecular weight is 276 g/mol. The first-order valence-corrected chi connectivity index (χ1v) is 6.83. The van der Waals surface area contributed by atoms with Crippen molar-refractivity contribution in [2.45, 2.75) is 19.9 Å². The lowest BCUT2D eigenvalue weighted by Crippen LogP contribution is -2.22. The normalized spacial score (nSPS) is 10.2. The van der Waals surface area contributed by atoms with Crippen LogP contribution in [0.5, 0.6) is 0 Å². The van der Waals surface area contributed by atoms with E-state index >= 15 is 0 Å². The van der Waals surface area contributed by atoms with Crippen molar-refractivity contribution < 1.29 is 4.79 Å². The molecule has 0 saturated carbocycles. The van der Waals surface area contributed by atoms with Crippen LogP contribution in [-0.4, -0.2) is 10.9 Å². The van der Waals surface area contributed by atoms with Gasteiger partial charge in [-0.15, -0.1) is 11.3 Å². The smallest absolute Gasteiger partial charge is 0.253 e. The van der Waals surface area contributed by atoms with Crippen molar-refractivity contribution in [3.05, 3.63) is 45.8 Å². The first-order valence-electron chi connectivity index (χ1n) is 6.01. The van der Waals surface area contributed by atoms with E-state index in [-0.39, 0.29) is 5.91 Å². The maximum absolute atomic E-state index is 11.9. The minimum atomic E-state index is -0.137. The van der Waals surface area contributed by atoms with Gasteiger partial charge in [-0.05, 0) is 30.7 Å². The van der Waals surface area contributed by atoms with Gasteiger partial charge < -0.3 is 10.7 Å². The van der Waals surface area contributed by atoms with E-state index in [1.807, 2.05) is 6.07 Å². The molecule has 0 saturated heterocycles. The fraction of sp³-hybridized carbons (Fsp3) is 0.231. The zero-order valence-corrected chi connectivity index (χ0v) is 11.5. The van der Waals surface area contributed by atoms with Crippen LogP contribution < -0.4 is 16.6 Å². The number of hydrazine groups is 1. The Morgan fingerprint density at radius 1 is 1.32 bits per heavy atom. The van der Waals surface area contributed by atoms with Gasteiger partial charge in [0.05, 0.1) is 12.1 Å². The standard InChI is InChI=1S/C13H16N4OS/c1-2-10-4-5-11(19-10)8-16-13(18)9-3-6-12(17-14)15-7-9/h3-7H,2,8,14H2,1H3,(H,15,17)(H,16,18). The molecule has 0 radical (unpaired) electrons. The number of anilines is 1. The number of nitrogens with two attached hydrogens (primary N) is 1. The molecular weight excluding hydrogens is 260 g/mol. The lowest BCUT2D eigenvalue weighted by Gasteiger charge is -2.04. The molecule has 0 bridgehead atoms. The highest BCUT2D eigenvalue weighted by Gasteiger charge is 2.06. The molecule has 2 aromatic rings. The second-order valence-electron chi connectivity index (χ2n) is 3.98. The summed E-state index contributed by atoms with van der Waals surface area (Å²) in [6, 6.07) is 7.48. The summed E-state index contributed by atoms with van der Waals surface area (Å²) in [5.41, 5.74) is 2.94. The molecule has 0 spiro atoms. The van der Waals surface area contributed by atoms with Gasteiger partial charge >= 0.3 is 0 Å². The van der Waals surface area contributed by atoms with Crippen LogP contribution in [-0.2, 0) is 13.0 Å². The number of nitrogen functional groups attached to an aromatic ring is 1. The number of carbonyl (C=O) groups is 1. The van der Waals surface area contributed by atoms with Crippen molar-refractivity contribution in [1.82, 2.24) is 10.3 Å². The number of nitrogens with one attached hydrogen (secondary N) is 2. The van der Waals surface area contributed by atoms with Gasteiger partial charge in [-0.1, -0.05) is 6.92 Å². The molecule has 2 aromatic heterocycles. The van der Waals surface area contributed by atoms with Gasteiger partial charge in [0.1, 0.15) is 5.82 Å². The van der Waals surface area contributed by atoms with E-state index in [2.05, 4.69) is 28.7 Å². The summed E-state index contributed by atoms with van der Waals surface area (Å²) in [5.74, 6) is 5.61. The van der Waals surface area contributed by atoms with E-state index in [4.69, 9.17) is 5.84 Å². The Kier molecular flexibility index (Phi) is 4.48. The molecule has 0 aliphatic carbocycles. The van der Waals surface area contributed by atoms with Crippen LogP contribution in [0.25, 0.3) is 0 Å². The third kappa shape index (κ3) is 3.52. The molecule has 5 nitrogen and oxygen atoms in total. The predicted octanol–water partition coefficient (Wildman–Crippen LogP) is 1.92. The molecule has 4 N–H and O–H groups in total. The minimum Gasteiger partial charge on any atom is -0.347 e. The molecule has 0 fully saturated rings. The number of aryl methyl sites for hydroxylation is 1. The molecule has 0 atom stereocenters. The van der Waals surface area contributed by atoms with Crippen LogP contribution in [0.4, 0.5) is 5.82 Å². The van der Waals surface area contributed by atoms with E-state index < -0.39 is 0 Å². The molecule has 19 heavy (non-hydrogen) atoms. The largest absolute Gasteiger partial charge is 0.347 e. The lowest BCUT2D eigenvalue weighted by atomic mass is 10.2. The molecular formula is C13H16N4OS. The van der Waals surface area contributed by atoms with Gasteiger partial charge in [-0.3, -0.25) is 4.79 Å². The van der Waals surface area contributed by atoms with Crippen molar-refractivity contribution in [3.8, 4) is 0 Å². The third-order valence-electron chi connectivity index (χ3n) is 2.66. The lowest BCUT2D eigenvalue weighted by molar-refractivity contribution is 0.0951. The van der Waals surface area contributed by atoms with E-state index in [1.165, 1.54) is 11.1 Å². The Balaban J connectivity index is 1.93. The number of rotatable bonds is 5. The van der Waals surface area contributed by atoms with Crippen LogP contribution in [0.15, 0.2) is 30.5 Å². The van der Waals surface area contributed by atoms with Crippen molar-refractivity contribution in [2.75, 3.05) is 5.43 Å². The summed E-state index contributed by atoms with van der Waals surface area (Å²) < 4.78 is 0. The first-order chi connectivity index (χ1) is 9.22. The first kappa shape index (κ1) is 13.5. The molecule has 2 rings (SSSR count). The zero-order valence-electron chi connectivity index (χ0n) is 10.6. The van der Waals surface area contributed by atoms with Crippen molar-refractivity contribution in [2.24, 2.45) is 5.84 Å². The Labute approximate surface area is 115 Å². The molecule has 1 amide bonds. The van der Waals surface area contributed by atoms with E-state index in [1.54, 1.807) is 23.5 Å². The highest BCUT2D eigenvalue weighted by molar-refractivity contribution is 7.11. The fourth-order valence-electron chi connectivity index (χ4n) is 1.59. The van der Waals surface area contributed by atoms with Crippen LogP contribution >= 0.6 is 11.3 Å². The highest BCUT2D eigenvalue weighted by atomic mass is 32.1. The maximum atomic E-state index is 11.9. The zero-order chi connectivity index (χ0) is 13.7. The molecule has 2 heterocycles. The monoisotopic (exact) mass is 276 g/mol. The Hall–Kier alpha value is -1.92. The van der Waals surface area contributed by atoms with Crippen molar-refractivity contribution in [1.29, 1.82) is 0 Å². The highest BCUT2D eigenvalue weighted by Crippen LogP contribution is 2.16. The summed E-state index contributed by atoms with van der Waals surface area (Å²) in [7, 11) is 0. The number of hydrogen-bond acceptors (Lipinski definition) is 5. The van der Waals surface area contributed by atoms with Crippen molar-refractivity contribution >= 4 is 23.1 Å². The Morgan fingerprint density at radius 2 is 2.11 bits per heavy atom. The molecule has 0 aliphatic rings. The predicted molar refractivity (Wildman–Crippen MR) is 76.9 cm³/mol. The van der Waals surface area contributed by atoms with Gasteiger partial charge in [0.2, 0.25) is 0 Å². The Bertz CT molecular complexity index is 550. The number of nitrogens with zero attached hydrogens (tertiary/aromatic N) is 1. The summed E-state index contributed by atoms with van der Waals surface area (Å²) in [6.07, 6.45) is 2.52. The number of carbonyl (C=O) groups excluding carboxylic acids is 1. The van der Waals surface area contributed by atoms with Crippen LogP contribution in [0.3, 0.4) is 0 Å². The van der Waals surface area contributed by atoms with Crippen LogP contribution in [0, 0.1) is 0 Å².